The second kappa shape index (κ2) is 7.08. The predicted molar refractivity (Wildman–Crippen MR) is 112 cm³/mol. The normalized spacial score (nSPS) is 21.6. The summed E-state index contributed by atoms with van der Waals surface area (Å²) in [5.74, 6) is 1.91. The molecule has 1 N–H and O–H groups in total. The van der Waals surface area contributed by atoms with E-state index in [9.17, 15) is 4.79 Å². The predicted octanol–water partition coefficient (Wildman–Crippen LogP) is 3.63. The SMILES string of the molecule is N#CCC1CCC(n2c(Cn3c(C4CC4)noc3=O)nc3cnc4[nH]ccc4c32)CC1. The van der Waals surface area contributed by atoms with Crippen LogP contribution in [0.25, 0.3) is 22.1 Å². The van der Waals surface area contributed by atoms with Crippen molar-refractivity contribution < 1.29 is 4.52 Å². The molecule has 158 valence electrons. The fourth-order valence-electron chi connectivity index (χ4n) is 5.08. The molecule has 0 saturated heterocycles. The number of aromatic nitrogens is 6. The Morgan fingerprint density at radius 1 is 1.23 bits per heavy atom. The molecule has 0 atom stereocenters. The van der Waals surface area contributed by atoms with Crippen molar-refractivity contribution in [2.75, 3.05) is 0 Å². The van der Waals surface area contributed by atoms with Crippen LogP contribution >= 0.6 is 0 Å². The molecule has 0 radical (unpaired) electrons. The van der Waals surface area contributed by atoms with Gasteiger partial charge in [0.2, 0.25) is 0 Å². The summed E-state index contributed by atoms with van der Waals surface area (Å²) < 4.78 is 8.95. The number of pyridine rings is 1. The monoisotopic (exact) mass is 417 g/mol. The maximum absolute atomic E-state index is 12.4. The van der Waals surface area contributed by atoms with Gasteiger partial charge in [0.25, 0.3) is 0 Å². The summed E-state index contributed by atoms with van der Waals surface area (Å²) in [6.45, 7) is 0.340. The van der Waals surface area contributed by atoms with Gasteiger partial charge in [-0.15, -0.1) is 0 Å². The maximum Gasteiger partial charge on any atom is 0.442 e. The molecule has 2 fully saturated rings. The van der Waals surface area contributed by atoms with Gasteiger partial charge in [0.1, 0.15) is 17.0 Å². The lowest BCUT2D eigenvalue weighted by Gasteiger charge is -2.30. The van der Waals surface area contributed by atoms with Gasteiger partial charge >= 0.3 is 5.76 Å². The Balaban J connectivity index is 1.47. The van der Waals surface area contributed by atoms with Gasteiger partial charge in [-0.1, -0.05) is 5.16 Å². The number of hydrogen-bond donors (Lipinski definition) is 1. The summed E-state index contributed by atoms with van der Waals surface area (Å²) in [4.78, 5) is 25.0. The van der Waals surface area contributed by atoms with Crippen molar-refractivity contribution in [1.82, 2.24) is 29.2 Å². The summed E-state index contributed by atoms with van der Waals surface area (Å²) >= 11 is 0. The first-order valence-corrected chi connectivity index (χ1v) is 11.0. The van der Waals surface area contributed by atoms with E-state index in [-0.39, 0.29) is 6.04 Å². The molecule has 4 aromatic heterocycles. The summed E-state index contributed by atoms with van der Waals surface area (Å²) in [6, 6.07) is 4.63. The summed E-state index contributed by atoms with van der Waals surface area (Å²) in [5.41, 5.74) is 2.72. The summed E-state index contributed by atoms with van der Waals surface area (Å²) in [7, 11) is 0. The van der Waals surface area contributed by atoms with Crippen molar-refractivity contribution in [2.45, 2.75) is 63.5 Å². The third-order valence-corrected chi connectivity index (χ3v) is 6.82. The first-order valence-electron chi connectivity index (χ1n) is 11.0. The van der Waals surface area contributed by atoms with Crippen LogP contribution in [-0.2, 0) is 6.54 Å². The molecule has 4 heterocycles. The second-order valence-corrected chi connectivity index (χ2v) is 8.83. The fourth-order valence-corrected chi connectivity index (χ4v) is 5.08. The number of nitrogens with one attached hydrogen (secondary N) is 1. The lowest BCUT2D eigenvalue weighted by Crippen LogP contribution is -2.24. The van der Waals surface area contributed by atoms with Gasteiger partial charge in [-0.05, 0) is 50.5 Å². The van der Waals surface area contributed by atoms with Gasteiger partial charge in [-0.3, -0.25) is 9.09 Å². The minimum absolute atomic E-state index is 0.274. The molecule has 0 bridgehead atoms. The third kappa shape index (κ3) is 3.05. The number of hydrogen-bond acceptors (Lipinski definition) is 6. The van der Waals surface area contributed by atoms with Gasteiger partial charge in [0.15, 0.2) is 5.82 Å². The molecule has 4 aromatic rings. The van der Waals surface area contributed by atoms with Gasteiger partial charge < -0.3 is 9.55 Å². The van der Waals surface area contributed by atoms with E-state index in [2.05, 4.69) is 25.8 Å². The molecule has 9 nitrogen and oxygen atoms in total. The van der Waals surface area contributed by atoms with E-state index in [1.165, 1.54) is 0 Å². The van der Waals surface area contributed by atoms with Crippen molar-refractivity contribution in [1.29, 1.82) is 5.26 Å². The average Bonchev–Trinajstić information content (AvgIpc) is 3.22. The molecular formula is C22H23N7O2. The Kier molecular flexibility index (Phi) is 4.19. The number of fused-ring (bicyclic) bond motifs is 3. The second-order valence-electron chi connectivity index (χ2n) is 8.83. The van der Waals surface area contributed by atoms with Crippen LogP contribution in [0, 0.1) is 17.2 Å². The zero-order valence-electron chi connectivity index (χ0n) is 17.1. The zero-order chi connectivity index (χ0) is 20.9. The van der Waals surface area contributed by atoms with Crippen LogP contribution in [-0.4, -0.2) is 29.2 Å². The van der Waals surface area contributed by atoms with Crippen LogP contribution in [0.5, 0.6) is 0 Å². The fraction of sp³-hybridized carbons (Fsp3) is 0.500. The number of aromatic amines is 1. The van der Waals surface area contributed by atoms with Crippen molar-refractivity contribution in [3.63, 3.8) is 0 Å². The number of rotatable bonds is 5. The third-order valence-electron chi connectivity index (χ3n) is 6.82. The summed E-state index contributed by atoms with van der Waals surface area (Å²) in [5, 5.41) is 14.1. The van der Waals surface area contributed by atoms with Gasteiger partial charge in [-0.2, -0.15) is 5.26 Å². The number of H-pyrrole nitrogens is 1. The Labute approximate surface area is 177 Å². The van der Waals surface area contributed by atoms with E-state index in [4.69, 9.17) is 14.8 Å². The lowest BCUT2D eigenvalue weighted by molar-refractivity contribution is 0.276. The van der Waals surface area contributed by atoms with Crippen LogP contribution in [0.1, 0.15) is 68.6 Å². The molecule has 6 rings (SSSR count). The average molecular weight is 417 g/mol. The standard InChI is InChI=1S/C22H23N7O2/c23-9-7-13-1-5-15(6-2-13)29-18(12-28-21(14-3-4-14)27-31-22(28)30)26-17-11-25-20-16(19(17)29)8-10-24-20/h8,10-11,13-15H,1-7,12H2,(H,24,25). The Morgan fingerprint density at radius 2 is 2.06 bits per heavy atom. The van der Waals surface area contributed by atoms with Crippen LogP contribution in [0.3, 0.4) is 0 Å². The van der Waals surface area contributed by atoms with Gasteiger partial charge in [0.05, 0.1) is 24.3 Å². The highest BCUT2D eigenvalue weighted by molar-refractivity contribution is 6.01. The van der Waals surface area contributed by atoms with E-state index in [0.717, 1.165) is 72.2 Å². The zero-order valence-corrected chi connectivity index (χ0v) is 17.1. The first-order chi connectivity index (χ1) is 15.2. The molecule has 0 unspecified atom stereocenters. The number of nitrogens with zero attached hydrogens (tertiary/aromatic N) is 6. The van der Waals surface area contributed by atoms with E-state index in [1.54, 1.807) is 10.8 Å². The molecule has 31 heavy (non-hydrogen) atoms. The highest BCUT2D eigenvalue weighted by atomic mass is 16.5. The molecule has 0 spiro atoms. The molecule has 9 heteroatoms. The molecule has 2 aliphatic carbocycles. The molecule has 2 aliphatic rings. The minimum atomic E-state index is -0.428. The van der Waals surface area contributed by atoms with Gasteiger partial charge in [0, 0.05) is 30.0 Å². The topological polar surface area (TPSA) is 118 Å². The van der Waals surface area contributed by atoms with Crippen LogP contribution in [0.2, 0.25) is 0 Å². The Morgan fingerprint density at radius 3 is 2.84 bits per heavy atom. The largest absolute Gasteiger partial charge is 0.442 e. The molecule has 0 aromatic carbocycles. The maximum atomic E-state index is 12.4. The van der Waals surface area contributed by atoms with E-state index in [0.29, 0.717) is 24.8 Å². The van der Waals surface area contributed by atoms with Crippen molar-refractivity contribution in [3.8, 4) is 6.07 Å². The summed E-state index contributed by atoms with van der Waals surface area (Å²) in [6.07, 6.45) is 10.4. The van der Waals surface area contributed by atoms with Crippen molar-refractivity contribution in [2.24, 2.45) is 5.92 Å². The number of nitriles is 1. The highest BCUT2D eigenvalue weighted by Gasteiger charge is 2.32. The number of imidazole rings is 1. The minimum Gasteiger partial charge on any atom is -0.346 e. The Hall–Kier alpha value is -3.41. The van der Waals surface area contributed by atoms with Crippen molar-refractivity contribution >= 4 is 22.1 Å². The molecular weight excluding hydrogens is 394 g/mol. The van der Waals surface area contributed by atoms with Crippen LogP contribution < -0.4 is 5.76 Å². The van der Waals surface area contributed by atoms with E-state index >= 15 is 0 Å². The first kappa shape index (κ1) is 18.4. The Bertz CT molecular complexity index is 1360. The van der Waals surface area contributed by atoms with E-state index in [1.807, 2.05) is 12.3 Å². The highest BCUT2D eigenvalue weighted by Crippen LogP contribution is 2.40. The van der Waals surface area contributed by atoms with Crippen molar-refractivity contribution in [3.05, 3.63) is 40.7 Å². The van der Waals surface area contributed by atoms with Crippen LogP contribution in [0.4, 0.5) is 0 Å². The lowest BCUT2D eigenvalue weighted by atomic mass is 9.84. The van der Waals surface area contributed by atoms with E-state index < -0.39 is 5.76 Å². The quantitative estimate of drug-likeness (QED) is 0.530. The smallest absolute Gasteiger partial charge is 0.346 e. The van der Waals surface area contributed by atoms with Crippen LogP contribution in [0.15, 0.2) is 27.8 Å². The molecule has 2 saturated carbocycles. The van der Waals surface area contributed by atoms with Gasteiger partial charge in [-0.25, -0.2) is 14.8 Å². The molecule has 0 aliphatic heterocycles. The molecule has 0 amide bonds.